The Balaban J connectivity index is 0.000000654. The van der Waals surface area contributed by atoms with Gasteiger partial charge in [0.2, 0.25) is 0 Å². The molecule has 0 radical (unpaired) electrons. The molecule has 0 saturated heterocycles. The number of ether oxygens (including phenoxy) is 1. The summed E-state index contributed by atoms with van der Waals surface area (Å²) in [5.41, 5.74) is 6.17. The number of fused-ring (bicyclic) bond motifs is 1. The van der Waals surface area contributed by atoms with Crippen LogP contribution in [0.25, 0.3) is 11.3 Å². The summed E-state index contributed by atoms with van der Waals surface area (Å²) < 4.78 is 4.69. The van der Waals surface area contributed by atoms with E-state index in [0.717, 1.165) is 13.0 Å². The lowest BCUT2D eigenvalue weighted by molar-refractivity contribution is 0.199. The number of nitrogens with zero attached hydrogens (tertiary/aromatic N) is 1. The average Bonchev–Trinajstić information content (AvgIpc) is 3.28. The third kappa shape index (κ3) is 6.44. The largest absolute Gasteiger partial charge is 0.385 e. The van der Waals surface area contributed by atoms with Gasteiger partial charge in [-0.1, -0.05) is 73.4 Å². The fourth-order valence-corrected chi connectivity index (χ4v) is 5.92. The maximum absolute atomic E-state index is 5.10. The van der Waals surface area contributed by atoms with Crippen LogP contribution >= 0.6 is 11.3 Å². The molecule has 0 aliphatic heterocycles. The van der Waals surface area contributed by atoms with Crippen molar-refractivity contribution in [3.63, 3.8) is 0 Å². The quantitative estimate of drug-likeness (QED) is 0.374. The molecule has 1 unspecified atom stereocenters. The van der Waals surface area contributed by atoms with Gasteiger partial charge >= 0.3 is 0 Å². The van der Waals surface area contributed by atoms with Crippen molar-refractivity contribution in [1.82, 2.24) is 4.98 Å². The Morgan fingerprint density at radius 1 is 0.969 bits per heavy atom. The van der Waals surface area contributed by atoms with Gasteiger partial charge in [-0.3, -0.25) is 0 Å². The summed E-state index contributed by atoms with van der Waals surface area (Å²) in [5, 5.41) is 3.62. The molecule has 32 heavy (non-hydrogen) atoms. The van der Waals surface area contributed by atoms with Gasteiger partial charge in [0.1, 0.15) is 0 Å². The molecule has 1 aliphatic rings. The summed E-state index contributed by atoms with van der Waals surface area (Å²) in [6.07, 6.45) is 9.88. The van der Waals surface area contributed by atoms with E-state index in [1.54, 1.807) is 18.2 Å². The number of methoxy groups -OCH3 is 1. The molecule has 3 heteroatoms. The molecule has 0 spiro atoms. The lowest BCUT2D eigenvalue weighted by atomic mass is 9.61. The highest BCUT2D eigenvalue weighted by molar-refractivity contribution is 7.10. The lowest BCUT2D eigenvalue weighted by Gasteiger charge is -2.43. The second kappa shape index (κ2) is 12.3. The van der Waals surface area contributed by atoms with Crippen LogP contribution in [0.3, 0.4) is 0 Å². The minimum Gasteiger partial charge on any atom is -0.385 e. The number of hydrogen-bond acceptors (Lipinski definition) is 3. The van der Waals surface area contributed by atoms with Crippen molar-refractivity contribution in [3.8, 4) is 11.3 Å². The van der Waals surface area contributed by atoms with E-state index in [1.165, 1.54) is 61.2 Å². The van der Waals surface area contributed by atoms with Gasteiger partial charge in [0, 0.05) is 30.6 Å². The molecular formula is C29H47NOS. The summed E-state index contributed by atoms with van der Waals surface area (Å²) in [5.74, 6) is 0.635. The third-order valence-electron chi connectivity index (χ3n) is 7.33. The predicted octanol–water partition coefficient (Wildman–Crippen LogP) is 9.28. The fourth-order valence-electron chi connectivity index (χ4n) is 4.92. The molecule has 0 fully saturated rings. The average molecular weight is 458 g/mol. The van der Waals surface area contributed by atoms with E-state index in [1.807, 2.05) is 11.3 Å². The van der Waals surface area contributed by atoms with Crippen LogP contribution in [-0.2, 0) is 15.6 Å². The first-order valence-corrected chi connectivity index (χ1v) is 13.7. The van der Waals surface area contributed by atoms with Crippen LogP contribution in [0.2, 0.25) is 0 Å². The molecule has 1 aliphatic carbocycles. The maximum Gasteiger partial charge on any atom is 0.0963 e. The molecule has 0 amide bonds. The minimum atomic E-state index is 0.281. The maximum atomic E-state index is 5.10. The number of rotatable bonds is 9. The highest BCUT2D eigenvalue weighted by atomic mass is 32.1. The first kappa shape index (κ1) is 27.1. The van der Waals surface area contributed by atoms with Gasteiger partial charge in [0.25, 0.3) is 0 Å². The predicted molar refractivity (Wildman–Crippen MR) is 142 cm³/mol. The van der Waals surface area contributed by atoms with E-state index in [-0.39, 0.29) is 5.41 Å². The van der Waals surface area contributed by atoms with Gasteiger partial charge in [-0.05, 0) is 66.5 Å². The van der Waals surface area contributed by atoms with Crippen LogP contribution in [0.4, 0.5) is 0 Å². The van der Waals surface area contributed by atoms with E-state index < -0.39 is 0 Å². The molecule has 1 atom stereocenters. The van der Waals surface area contributed by atoms with Crippen molar-refractivity contribution >= 4 is 11.3 Å². The molecule has 180 valence electrons. The van der Waals surface area contributed by atoms with Gasteiger partial charge in [-0.25, -0.2) is 4.98 Å². The highest BCUT2D eigenvalue weighted by Crippen LogP contribution is 2.48. The molecule has 1 heterocycles. The van der Waals surface area contributed by atoms with E-state index in [4.69, 9.17) is 9.72 Å². The second-order valence-electron chi connectivity index (χ2n) is 10.4. The molecule has 2 aromatic rings. The smallest absolute Gasteiger partial charge is 0.0963 e. The Bertz CT molecular complexity index is 816. The van der Waals surface area contributed by atoms with E-state index >= 15 is 0 Å². The lowest BCUT2D eigenvalue weighted by Crippen LogP contribution is -2.35. The van der Waals surface area contributed by atoms with E-state index in [2.05, 4.69) is 72.0 Å². The Labute approximate surface area is 202 Å². The van der Waals surface area contributed by atoms with Gasteiger partial charge in [0.15, 0.2) is 0 Å². The number of benzene rings is 1. The van der Waals surface area contributed by atoms with Crippen LogP contribution in [0.1, 0.15) is 122 Å². The van der Waals surface area contributed by atoms with Crippen LogP contribution in [-0.4, -0.2) is 18.7 Å². The summed E-state index contributed by atoms with van der Waals surface area (Å²) in [6.45, 7) is 17.2. The summed E-state index contributed by atoms with van der Waals surface area (Å²) in [4.78, 5) is 5.10. The topological polar surface area (TPSA) is 22.1 Å². The number of thiazole rings is 1. The third-order valence-corrected chi connectivity index (χ3v) is 8.34. The first-order valence-electron chi connectivity index (χ1n) is 12.9. The standard InChI is InChI=1S/C25H37NS.C4H10O/c1-7-10-18(11-8-2)23-26-22(17-27-23)19-12-13-20-21(16-19)25(6,9-3)15-14-24(20,4)5;1-3-4-5-2/h12-13,16-18H,7-11,14-15H2,1-6H3;3-4H2,1-2H3. The molecule has 1 aromatic heterocycles. The molecular weight excluding hydrogens is 410 g/mol. The van der Waals surface area contributed by atoms with Gasteiger partial charge in [-0.15, -0.1) is 11.3 Å². The zero-order valence-electron chi connectivity index (χ0n) is 22.0. The Kier molecular flexibility index (Phi) is 10.4. The van der Waals surface area contributed by atoms with E-state index in [0.29, 0.717) is 11.3 Å². The minimum absolute atomic E-state index is 0.281. The summed E-state index contributed by atoms with van der Waals surface area (Å²) in [6, 6.07) is 7.18. The van der Waals surface area contributed by atoms with Gasteiger partial charge in [-0.2, -0.15) is 0 Å². The first-order chi connectivity index (χ1) is 15.3. The number of hydrogen-bond donors (Lipinski definition) is 0. The van der Waals surface area contributed by atoms with Crippen molar-refractivity contribution in [2.45, 2.75) is 117 Å². The zero-order chi connectivity index (χ0) is 23.8. The normalized spacial score (nSPS) is 19.4. The van der Waals surface area contributed by atoms with Crippen LogP contribution in [0, 0.1) is 0 Å². The molecule has 1 aromatic carbocycles. The molecule has 3 rings (SSSR count). The molecule has 0 bridgehead atoms. The fraction of sp³-hybridized carbons (Fsp3) is 0.690. The zero-order valence-corrected chi connectivity index (χ0v) is 22.8. The summed E-state index contributed by atoms with van der Waals surface area (Å²) >= 11 is 1.86. The van der Waals surface area contributed by atoms with Crippen molar-refractivity contribution in [1.29, 1.82) is 0 Å². The SMILES string of the molecule is CCCC(CCC)c1nc(-c2ccc3c(c2)C(C)(CC)CCC3(C)C)cs1.CCCOC. The van der Waals surface area contributed by atoms with Crippen molar-refractivity contribution in [3.05, 3.63) is 39.7 Å². The summed E-state index contributed by atoms with van der Waals surface area (Å²) in [7, 11) is 1.71. The monoisotopic (exact) mass is 457 g/mol. The Morgan fingerprint density at radius 3 is 2.19 bits per heavy atom. The van der Waals surface area contributed by atoms with Crippen LogP contribution in [0.5, 0.6) is 0 Å². The van der Waals surface area contributed by atoms with Gasteiger partial charge < -0.3 is 4.74 Å². The van der Waals surface area contributed by atoms with Crippen molar-refractivity contribution in [2.24, 2.45) is 0 Å². The second-order valence-corrected chi connectivity index (χ2v) is 11.3. The van der Waals surface area contributed by atoms with E-state index in [9.17, 15) is 0 Å². The van der Waals surface area contributed by atoms with Crippen LogP contribution < -0.4 is 0 Å². The highest BCUT2D eigenvalue weighted by Gasteiger charge is 2.38. The van der Waals surface area contributed by atoms with Crippen LogP contribution in [0.15, 0.2) is 23.6 Å². The van der Waals surface area contributed by atoms with Crippen molar-refractivity contribution < 1.29 is 4.74 Å². The molecule has 0 saturated carbocycles. The van der Waals surface area contributed by atoms with Gasteiger partial charge in [0.05, 0.1) is 10.7 Å². The Morgan fingerprint density at radius 2 is 1.66 bits per heavy atom. The Hall–Kier alpha value is -1.19. The number of aromatic nitrogens is 1. The molecule has 2 nitrogen and oxygen atoms in total. The molecule has 0 N–H and O–H groups in total. The van der Waals surface area contributed by atoms with Crippen molar-refractivity contribution in [2.75, 3.05) is 13.7 Å².